The summed E-state index contributed by atoms with van der Waals surface area (Å²) in [4.78, 5) is 23.9. The molecule has 1 aliphatic heterocycles. The Morgan fingerprint density at radius 1 is 1.41 bits per heavy atom. The van der Waals surface area contributed by atoms with Gasteiger partial charge in [0.1, 0.15) is 0 Å². The molecular formula is C11H20N2O4. The minimum Gasteiger partial charge on any atom is -0.481 e. The van der Waals surface area contributed by atoms with Crippen molar-refractivity contribution in [2.24, 2.45) is 0 Å². The minimum atomic E-state index is -0.839. The normalized spacial score (nSPS) is 18.3. The standard InChI is InChI=1S/C11H20N2O4/c1-9(3-4-10(14)15)12-11(16)13-5-2-7-17-8-6-13/h9H,2-8H2,1H3,(H,12,16)(H,14,15). The van der Waals surface area contributed by atoms with Crippen LogP contribution >= 0.6 is 0 Å². The van der Waals surface area contributed by atoms with Gasteiger partial charge in [0, 0.05) is 32.2 Å². The number of rotatable bonds is 4. The summed E-state index contributed by atoms with van der Waals surface area (Å²) in [6, 6.07) is -0.254. The fourth-order valence-electron chi connectivity index (χ4n) is 1.66. The second-order valence-electron chi connectivity index (χ2n) is 4.24. The Bertz CT molecular complexity index is 262. The zero-order valence-corrected chi connectivity index (χ0v) is 10.1. The van der Waals surface area contributed by atoms with Gasteiger partial charge < -0.3 is 20.1 Å². The predicted octanol–water partition coefficient (Wildman–Crippen LogP) is 0.672. The molecule has 2 amide bonds. The van der Waals surface area contributed by atoms with Gasteiger partial charge in [-0.3, -0.25) is 4.79 Å². The highest BCUT2D eigenvalue weighted by Crippen LogP contribution is 2.02. The second kappa shape index (κ2) is 7.11. The smallest absolute Gasteiger partial charge is 0.317 e. The lowest BCUT2D eigenvalue weighted by molar-refractivity contribution is -0.137. The number of hydrogen-bond donors (Lipinski definition) is 2. The molecular weight excluding hydrogens is 224 g/mol. The van der Waals surface area contributed by atoms with E-state index in [1.54, 1.807) is 4.90 Å². The highest BCUT2D eigenvalue weighted by Gasteiger charge is 2.17. The fourth-order valence-corrected chi connectivity index (χ4v) is 1.66. The summed E-state index contributed by atoms with van der Waals surface area (Å²) in [7, 11) is 0. The quantitative estimate of drug-likeness (QED) is 0.762. The first-order chi connectivity index (χ1) is 8.09. The summed E-state index contributed by atoms with van der Waals surface area (Å²) in [5.74, 6) is -0.839. The topological polar surface area (TPSA) is 78.9 Å². The Balaban J connectivity index is 2.28. The summed E-state index contributed by atoms with van der Waals surface area (Å²) in [6.45, 7) is 4.36. The first-order valence-corrected chi connectivity index (χ1v) is 5.94. The van der Waals surface area contributed by atoms with E-state index in [9.17, 15) is 9.59 Å². The number of urea groups is 1. The van der Waals surface area contributed by atoms with E-state index >= 15 is 0 Å². The van der Waals surface area contributed by atoms with Crippen molar-refractivity contribution in [3.63, 3.8) is 0 Å². The molecule has 0 radical (unpaired) electrons. The molecule has 0 aromatic heterocycles. The number of nitrogens with zero attached hydrogens (tertiary/aromatic N) is 1. The summed E-state index contributed by atoms with van der Waals surface area (Å²) in [6.07, 6.45) is 1.37. The van der Waals surface area contributed by atoms with E-state index in [2.05, 4.69) is 5.32 Å². The zero-order valence-electron chi connectivity index (χ0n) is 10.1. The Kier molecular flexibility index (Phi) is 5.76. The van der Waals surface area contributed by atoms with Crippen molar-refractivity contribution in [1.29, 1.82) is 0 Å². The molecule has 1 atom stereocenters. The van der Waals surface area contributed by atoms with Crippen molar-refractivity contribution in [2.45, 2.75) is 32.2 Å². The third-order valence-corrected chi connectivity index (χ3v) is 2.67. The van der Waals surface area contributed by atoms with Crippen molar-refractivity contribution in [1.82, 2.24) is 10.2 Å². The molecule has 0 aliphatic carbocycles. The van der Waals surface area contributed by atoms with Crippen LogP contribution in [-0.2, 0) is 9.53 Å². The van der Waals surface area contributed by atoms with Crippen LogP contribution in [0.2, 0.25) is 0 Å². The van der Waals surface area contributed by atoms with Gasteiger partial charge in [0.2, 0.25) is 0 Å². The molecule has 0 aromatic rings. The molecule has 1 heterocycles. The monoisotopic (exact) mass is 244 g/mol. The minimum absolute atomic E-state index is 0.0740. The van der Waals surface area contributed by atoms with Crippen LogP contribution < -0.4 is 5.32 Å². The molecule has 1 fully saturated rings. The molecule has 2 N–H and O–H groups in total. The van der Waals surface area contributed by atoms with E-state index in [-0.39, 0.29) is 18.5 Å². The predicted molar refractivity (Wildman–Crippen MR) is 61.9 cm³/mol. The number of carboxylic acids is 1. The van der Waals surface area contributed by atoms with Crippen LogP contribution in [0.15, 0.2) is 0 Å². The number of carbonyl (C=O) groups is 2. The zero-order chi connectivity index (χ0) is 12.7. The Hall–Kier alpha value is -1.30. The van der Waals surface area contributed by atoms with Crippen molar-refractivity contribution in [3.8, 4) is 0 Å². The largest absolute Gasteiger partial charge is 0.481 e. The molecule has 1 rings (SSSR count). The third-order valence-electron chi connectivity index (χ3n) is 2.67. The van der Waals surface area contributed by atoms with Gasteiger partial charge in [0.15, 0.2) is 0 Å². The van der Waals surface area contributed by atoms with Gasteiger partial charge in [-0.05, 0) is 19.8 Å². The van der Waals surface area contributed by atoms with Gasteiger partial charge in [-0.2, -0.15) is 0 Å². The van der Waals surface area contributed by atoms with E-state index in [4.69, 9.17) is 9.84 Å². The molecule has 0 spiro atoms. The van der Waals surface area contributed by atoms with Crippen LogP contribution in [-0.4, -0.2) is 54.4 Å². The van der Waals surface area contributed by atoms with Crippen LogP contribution in [0.5, 0.6) is 0 Å². The lowest BCUT2D eigenvalue weighted by atomic mass is 10.2. The molecule has 0 aromatic carbocycles. The number of carboxylic acid groups (broad SMARTS) is 1. The molecule has 1 aliphatic rings. The summed E-state index contributed by atoms with van der Waals surface area (Å²) in [5, 5.41) is 11.3. The number of ether oxygens (including phenoxy) is 1. The van der Waals surface area contributed by atoms with E-state index in [1.807, 2.05) is 6.92 Å². The molecule has 0 saturated carbocycles. The number of aliphatic carboxylic acids is 1. The summed E-state index contributed by atoms with van der Waals surface area (Å²) in [5.41, 5.74) is 0. The molecule has 98 valence electrons. The van der Waals surface area contributed by atoms with Crippen LogP contribution in [0.25, 0.3) is 0 Å². The maximum absolute atomic E-state index is 11.8. The molecule has 6 nitrogen and oxygen atoms in total. The van der Waals surface area contributed by atoms with Crippen LogP contribution in [0.1, 0.15) is 26.2 Å². The average molecular weight is 244 g/mol. The summed E-state index contributed by atoms with van der Waals surface area (Å²) < 4.78 is 5.26. The van der Waals surface area contributed by atoms with Crippen molar-refractivity contribution < 1.29 is 19.4 Å². The van der Waals surface area contributed by atoms with Gasteiger partial charge in [-0.1, -0.05) is 0 Å². The maximum Gasteiger partial charge on any atom is 0.317 e. The van der Waals surface area contributed by atoms with Gasteiger partial charge in [0.05, 0.1) is 6.61 Å². The highest BCUT2D eigenvalue weighted by atomic mass is 16.5. The van der Waals surface area contributed by atoms with Gasteiger partial charge >= 0.3 is 12.0 Å². The fraction of sp³-hybridized carbons (Fsp3) is 0.818. The molecule has 1 saturated heterocycles. The molecule has 17 heavy (non-hydrogen) atoms. The Labute approximate surface area is 101 Å². The molecule has 6 heteroatoms. The molecule has 0 bridgehead atoms. The van der Waals surface area contributed by atoms with E-state index < -0.39 is 5.97 Å². The van der Waals surface area contributed by atoms with Crippen molar-refractivity contribution in [2.75, 3.05) is 26.3 Å². The van der Waals surface area contributed by atoms with Crippen LogP contribution in [0.4, 0.5) is 4.79 Å². The number of amides is 2. The molecule has 1 unspecified atom stereocenters. The SMILES string of the molecule is CC(CCC(=O)O)NC(=O)N1CCCOCC1. The van der Waals surface area contributed by atoms with E-state index in [1.165, 1.54) is 0 Å². The summed E-state index contributed by atoms with van der Waals surface area (Å²) >= 11 is 0. The van der Waals surface area contributed by atoms with Crippen molar-refractivity contribution in [3.05, 3.63) is 0 Å². The maximum atomic E-state index is 11.8. The highest BCUT2D eigenvalue weighted by molar-refractivity contribution is 5.74. The Morgan fingerprint density at radius 3 is 2.88 bits per heavy atom. The van der Waals surface area contributed by atoms with Gasteiger partial charge in [0.25, 0.3) is 0 Å². The van der Waals surface area contributed by atoms with Crippen LogP contribution in [0, 0.1) is 0 Å². The lowest BCUT2D eigenvalue weighted by Crippen LogP contribution is -2.45. The number of carbonyl (C=O) groups excluding carboxylic acids is 1. The first-order valence-electron chi connectivity index (χ1n) is 5.94. The second-order valence-corrected chi connectivity index (χ2v) is 4.24. The lowest BCUT2D eigenvalue weighted by Gasteiger charge is -2.22. The van der Waals surface area contributed by atoms with Crippen molar-refractivity contribution >= 4 is 12.0 Å². The van der Waals surface area contributed by atoms with E-state index in [0.29, 0.717) is 32.7 Å². The third kappa shape index (κ3) is 5.53. The number of hydrogen-bond acceptors (Lipinski definition) is 3. The number of nitrogens with one attached hydrogen (secondary N) is 1. The Morgan fingerprint density at radius 2 is 2.18 bits per heavy atom. The van der Waals surface area contributed by atoms with Crippen LogP contribution in [0.3, 0.4) is 0 Å². The average Bonchev–Trinajstić information content (AvgIpc) is 2.54. The van der Waals surface area contributed by atoms with E-state index in [0.717, 1.165) is 6.42 Å². The first kappa shape index (κ1) is 13.8. The van der Waals surface area contributed by atoms with Gasteiger partial charge in [-0.15, -0.1) is 0 Å². The van der Waals surface area contributed by atoms with Gasteiger partial charge in [-0.25, -0.2) is 4.79 Å².